The third-order valence-electron chi connectivity index (χ3n) is 2.06. The van der Waals surface area contributed by atoms with Gasteiger partial charge in [-0.3, -0.25) is 0 Å². The Labute approximate surface area is 119 Å². The van der Waals surface area contributed by atoms with Crippen LogP contribution in [0.15, 0.2) is 0 Å². The Morgan fingerprint density at radius 3 is 1.19 bits per heavy atom. The Morgan fingerprint density at radius 1 is 0.688 bits per heavy atom. The molecule has 0 aromatic carbocycles. The molecule has 0 aromatic heterocycles. The van der Waals surface area contributed by atoms with Crippen LogP contribution in [0, 0.1) is 11.1 Å². The van der Waals surface area contributed by atoms with Crippen molar-refractivity contribution in [2.24, 2.45) is 0 Å². The summed E-state index contributed by atoms with van der Waals surface area (Å²) in [5.74, 6) is 0. The Kier molecular flexibility index (Phi) is 7.59. The van der Waals surface area contributed by atoms with E-state index < -0.39 is 23.3 Å². The Hall–Kier alpha value is 1.02. The van der Waals surface area contributed by atoms with Gasteiger partial charge in [-0.25, -0.2) is 7.83 Å². The fraction of sp³-hybridized carbons (Fsp3) is 0.818. The summed E-state index contributed by atoms with van der Waals surface area (Å²) < 4.78 is 0. The van der Waals surface area contributed by atoms with Gasteiger partial charge in [0.25, 0.3) is 0 Å². The van der Waals surface area contributed by atoms with E-state index in [2.05, 4.69) is 70.0 Å². The normalized spacial score (nSPS) is 12.3. The van der Waals surface area contributed by atoms with Gasteiger partial charge in [0.1, 0.15) is 8.07 Å². The molecule has 0 saturated carbocycles. The molecular formula is C11H27LiSi4. The van der Waals surface area contributed by atoms with Crippen LogP contribution in [0.5, 0.6) is 0 Å². The second-order valence-corrected chi connectivity index (χ2v) is 35.6. The third kappa shape index (κ3) is 8.17. The maximum atomic E-state index is 3.78. The molecule has 5 heteroatoms. The predicted molar refractivity (Wildman–Crippen MR) is 83.6 cm³/mol. The van der Waals surface area contributed by atoms with Crippen molar-refractivity contribution >= 4 is 31.1 Å². The summed E-state index contributed by atoms with van der Waals surface area (Å²) in [4.78, 5) is 0. The zero-order valence-electron chi connectivity index (χ0n) is 13.0. The first-order valence-corrected chi connectivity index (χ1v) is 19.8. The average molecular weight is 279 g/mol. The van der Waals surface area contributed by atoms with Crippen LogP contribution in [0.4, 0.5) is 0 Å². The predicted octanol–water partition coefficient (Wildman–Crippen LogP) is 0.738. The molecule has 0 fully saturated rings. The molecule has 0 nitrogen and oxygen atoms in total. The first-order valence-electron chi connectivity index (χ1n) is 5.75. The average Bonchev–Trinajstić information content (AvgIpc) is 1.75. The van der Waals surface area contributed by atoms with Crippen molar-refractivity contribution in [3.05, 3.63) is 0 Å². The van der Waals surface area contributed by atoms with Gasteiger partial charge in [-0.1, -0.05) is 74.1 Å². The second kappa shape index (κ2) is 6.27. The quantitative estimate of drug-likeness (QED) is 0.516. The van der Waals surface area contributed by atoms with Crippen LogP contribution in [0.3, 0.4) is 0 Å². The van der Waals surface area contributed by atoms with Gasteiger partial charge < -0.3 is 5.54 Å². The van der Waals surface area contributed by atoms with Crippen molar-refractivity contribution in [1.82, 2.24) is 0 Å². The molecule has 88 valence electrons. The molecule has 0 heterocycles. The fourth-order valence-electron chi connectivity index (χ4n) is 1.75. The van der Waals surface area contributed by atoms with Gasteiger partial charge in [-0.05, 0) is 0 Å². The molecule has 0 aliphatic carbocycles. The summed E-state index contributed by atoms with van der Waals surface area (Å²) in [5, 5.41) is 0. The standard InChI is InChI=1S/C11H27Si4.Li/c1-13(2,3)11-10-12(14(4,5)6)15(7,8)9;/h1-9H3;/q-1;+1. The molecule has 0 saturated heterocycles. The third-order valence-corrected chi connectivity index (χ3v) is 29.8. The van der Waals surface area contributed by atoms with Crippen molar-refractivity contribution in [2.75, 3.05) is 0 Å². The summed E-state index contributed by atoms with van der Waals surface area (Å²) in [7, 11) is -3.55. The summed E-state index contributed by atoms with van der Waals surface area (Å²) >= 11 is 0. The molecular weight excluding hydrogens is 251 g/mol. The Balaban J connectivity index is 0. The molecule has 0 aliphatic heterocycles. The van der Waals surface area contributed by atoms with Crippen molar-refractivity contribution in [2.45, 2.75) is 58.9 Å². The molecule has 16 heavy (non-hydrogen) atoms. The largest absolute Gasteiger partial charge is 1.00 e. The molecule has 0 atom stereocenters. The molecule has 0 aliphatic rings. The summed E-state index contributed by atoms with van der Waals surface area (Å²) in [6.07, 6.45) is 0. The van der Waals surface area contributed by atoms with Crippen molar-refractivity contribution in [3.8, 4) is 11.1 Å². The maximum Gasteiger partial charge on any atom is 1.00 e. The van der Waals surface area contributed by atoms with E-state index in [1.165, 1.54) is 0 Å². The van der Waals surface area contributed by atoms with E-state index in [0.717, 1.165) is 0 Å². The molecule has 0 amide bonds. The van der Waals surface area contributed by atoms with Crippen LogP contribution in [-0.2, 0) is 0 Å². The van der Waals surface area contributed by atoms with Crippen molar-refractivity contribution < 1.29 is 18.9 Å². The second-order valence-electron chi connectivity index (χ2n) is 7.38. The topological polar surface area (TPSA) is 0 Å². The van der Waals surface area contributed by atoms with Crippen LogP contribution < -0.4 is 18.9 Å². The van der Waals surface area contributed by atoms with Gasteiger partial charge >= 0.3 is 18.9 Å². The monoisotopic (exact) mass is 278 g/mol. The SMILES string of the molecule is C[Si](C)(C)C#C[Si-]([Si](C)(C)C)[Si](C)(C)C.[Li+]. The smallest absolute Gasteiger partial charge is 0.309 e. The van der Waals surface area contributed by atoms with Crippen molar-refractivity contribution in [3.63, 3.8) is 0 Å². The molecule has 0 aromatic rings. The van der Waals surface area contributed by atoms with E-state index >= 15 is 0 Å². The van der Waals surface area contributed by atoms with Gasteiger partial charge in [0.15, 0.2) is 0 Å². The zero-order chi connectivity index (χ0) is 12.5. The molecule has 0 bridgehead atoms. The van der Waals surface area contributed by atoms with E-state index in [1.54, 1.807) is 0 Å². The minimum absolute atomic E-state index is 0. The van der Waals surface area contributed by atoms with Gasteiger partial charge in [0.05, 0.1) is 0 Å². The van der Waals surface area contributed by atoms with Crippen LogP contribution in [-0.4, -0.2) is 31.1 Å². The summed E-state index contributed by atoms with van der Waals surface area (Å²) in [6, 6.07) is 0. The zero-order valence-corrected chi connectivity index (χ0v) is 17.0. The summed E-state index contributed by atoms with van der Waals surface area (Å²) in [6.45, 7) is 22.1. The minimum atomic E-state index is -1.17. The number of rotatable bonds is 2. The fourth-order valence-corrected chi connectivity index (χ4v) is 37.1. The Morgan fingerprint density at radius 2 is 1.00 bits per heavy atom. The van der Waals surface area contributed by atoms with Crippen LogP contribution >= 0.6 is 0 Å². The van der Waals surface area contributed by atoms with E-state index in [1.807, 2.05) is 0 Å². The van der Waals surface area contributed by atoms with E-state index in [9.17, 15) is 0 Å². The maximum absolute atomic E-state index is 3.78. The van der Waals surface area contributed by atoms with Crippen LogP contribution in [0.1, 0.15) is 0 Å². The summed E-state index contributed by atoms with van der Waals surface area (Å²) in [5.41, 5.74) is 7.42. The van der Waals surface area contributed by atoms with Crippen molar-refractivity contribution in [1.29, 1.82) is 0 Å². The molecule has 0 radical (unpaired) electrons. The molecule has 0 N–H and O–H groups in total. The van der Waals surface area contributed by atoms with Gasteiger partial charge in [0, 0.05) is 0 Å². The van der Waals surface area contributed by atoms with Gasteiger partial charge in [-0.15, -0.1) is 0 Å². The van der Waals surface area contributed by atoms with Gasteiger partial charge in [-0.2, -0.15) is 5.54 Å². The first kappa shape index (κ1) is 19.4. The van der Waals surface area contributed by atoms with Crippen LogP contribution in [0.25, 0.3) is 0 Å². The van der Waals surface area contributed by atoms with Gasteiger partial charge in [0.2, 0.25) is 0 Å². The Bertz CT molecular complexity index is 256. The first-order chi connectivity index (χ1) is 6.34. The number of hydrogen-bond donors (Lipinski definition) is 0. The molecule has 0 spiro atoms. The van der Waals surface area contributed by atoms with E-state index in [-0.39, 0.29) is 26.7 Å². The van der Waals surface area contributed by atoms with E-state index in [0.29, 0.717) is 0 Å². The minimum Gasteiger partial charge on any atom is -0.309 e. The molecule has 0 unspecified atom stereocenters. The van der Waals surface area contributed by atoms with E-state index in [4.69, 9.17) is 0 Å². The number of hydrogen-bond acceptors (Lipinski definition) is 0. The van der Waals surface area contributed by atoms with Crippen LogP contribution in [0.2, 0.25) is 58.9 Å². The molecule has 0 rings (SSSR count).